The Hall–Kier alpha value is -4.80. The molecule has 1 aliphatic heterocycles. The standard InChI is InChI=1S/C30H26F4N4O3/c1-29(2)17-38(27-25(39)14-13-22(26(27)29)18-7-8-20(15-31)35-16-18)24-6-4-3-5-23(24)37-28(40)36-19-9-11-21(12-10-19)41-30(32,33)34/h3-14,16,39H,15,17H2,1-2H3,(H2,36,37,40). The van der Waals surface area contributed by atoms with Gasteiger partial charge in [-0.05, 0) is 59.7 Å². The van der Waals surface area contributed by atoms with E-state index in [1.165, 1.54) is 12.1 Å². The van der Waals surface area contributed by atoms with Crippen LogP contribution in [0.25, 0.3) is 11.1 Å². The third kappa shape index (κ3) is 5.88. The predicted octanol–water partition coefficient (Wildman–Crippen LogP) is 7.90. The molecule has 2 amide bonds. The number of rotatable bonds is 6. The zero-order valence-corrected chi connectivity index (χ0v) is 22.1. The summed E-state index contributed by atoms with van der Waals surface area (Å²) in [5, 5.41) is 16.4. The van der Waals surface area contributed by atoms with Crippen molar-refractivity contribution in [3.05, 3.63) is 90.3 Å². The fraction of sp³-hybridized carbons (Fsp3) is 0.200. The second kappa shape index (κ2) is 10.6. The lowest BCUT2D eigenvalue weighted by atomic mass is 9.82. The number of halogens is 4. The molecule has 0 unspecified atom stereocenters. The Morgan fingerprint density at radius 3 is 2.41 bits per heavy atom. The lowest BCUT2D eigenvalue weighted by Crippen LogP contribution is -2.27. The molecule has 41 heavy (non-hydrogen) atoms. The third-order valence-corrected chi connectivity index (χ3v) is 6.72. The molecule has 3 aromatic carbocycles. The van der Waals surface area contributed by atoms with Crippen LogP contribution in [0.5, 0.6) is 11.5 Å². The van der Waals surface area contributed by atoms with Crippen molar-refractivity contribution in [1.82, 2.24) is 4.98 Å². The number of nitrogens with zero attached hydrogens (tertiary/aromatic N) is 2. The number of para-hydroxylation sites is 2. The highest BCUT2D eigenvalue weighted by Gasteiger charge is 2.40. The number of carbonyl (C=O) groups excluding carboxylic acids is 1. The van der Waals surface area contributed by atoms with Crippen LogP contribution in [0, 0.1) is 0 Å². The maximum atomic E-state index is 13.0. The van der Waals surface area contributed by atoms with Crippen molar-refractivity contribution in [2.45, 2.75) is 32.3 Å². The van der Waals surface area contributed by atoms with Gasteiger partial charge in [-0.25, -0.2) is 9.18 Å². The summed E-state index contributed by atoms with van der Waals surface area (Å²) in [6.45, 7) is 3.91. The maximum Gasteiger partial charge on any atom is 0.573 e. The smallest absolute Gasteiger partial charge is 0.506 e. The van der Waals surface area contributed by atoms with Crippen LogP contribution < -0.4 is 20.3 Å². The molecule has 0 aliphatic carbocycles. The van der Waals surface area contributed by atoms with Crippen molar-refractivity contribution in [3.8, 4) is 22.6 Å². The van der Waals surface area contributed by atoms with Gasteiger partial charge in [0.05, 0.1) is 22.8 Å². The first kappa shape index (κ1) is 27.8. The van der Waals surface area contributed by atoms with Gasteiger partial charge in [0.25, 0.3) is 0 Å². The van der Waals surface area contributed by atoms with E-state index >= 15 is 0 Å². The Morgan fingerprint density at radius 2 is 1.76 bits per heavy atom. The first-order chi connectivity index (χ1) is 19.4. The molecule has 212 valence electrons. The van der Waals surface area contributed by atoms with Gasteiger partial charge in [0.1, 0.15) is 18.2 Å². The van der Waals surface area contributed by atoms with Crippen LogP contribution in [0.3, 0.4) is 0 Å². The van der Waals surface area contributed by atoms with Crippen molar-refractivity contribution >= 4 is 28.8 Å². The number of hydrogen-bond donors (Lipinski definition) is 3. The zero-order valence-electron chi connectivity index (χ0n) is 22.1. The summed E-state index contributed by atoms with van der Waals surface area (Å²) < 4.78 is 54.2. The fourth-order valence-electron chi connectivity index (χ4n) is 5.04. The number of anilines is 4. The molecule has 1 aliphatic rings. The van der Waals surface area contributed by atoms with E-state index in [0.717, 1.165) is 28.8 Å². The van der Waals surface area contributed by atoms with Crippen LogP contribution in [0.2, 0.25) is 0 Å². The Kier molecular flexibility index (Phi) is 7.20. The number of phenols is 1. The molecule has 0 bridgehead atoms. The molecule has 0 saturated carbocycles. The molecule has 1 aromatic heterocycles. The van der Waals surface area contributed by atoms with Crippen molar-refractivity contribution in [1.29, 1.82) is 0 Å². The number of ether oxygens (including phenoxy) is 1. The monoisotopic (exact) mass is 566 g/mol. The van der Waals surface area contributed by atoms with Crippen LogP contribution in [0.15, 0.2) is 79.0 Å². The fourth-order valence-corrected chi connectivity index (χ4v) is 5.04. The van der Waals surface area contributed by atoms with Gasteiger partial charge in [0, 0.05) is 29.4 Å². The van der Waals surface area contributed by atoms with Gasteiger partial charge in [-0.1, -0.05) is 38.1 Å². The number of aromatic nitrogens is 1. The molecular formula is C30H26F4N4O3. The van der Waals surface area contributed by atoms with E-state index in [4.69, 9.17) is 0 Å². The predicted molar refractivity (Wildman–Crippen MR) is 148 cm³/mol. The number of pyridine rings is 1. The number of alkyl halides is 4. The Labute approximate surface area is 233 Å². The van der Waals surface area contributed by atoms with Crippen LogP contribution in [-0.2, 0) is 12.1 Å². The highest BCUT2D eigenvalue weighted by Crippen LogP contribution is 2.53. The van der Waals surface area contributed by atoms with Crippen LogP contribution >= 0.6 is 0 Å². The van der Waals surface area contributed by atoms with E-state index in [9.17, 15) is 27.5 Å². The van der Waals surface area contributed by atoms with E-state index in [1.807, 2.05) is 36.9 Å². The topological polar surface area (TPSA) is 86.7 Å². The molecule has 4 aromatic rings. The average Bonchev–Trinajstić information content (AvgIpc) is 3.21. The molecule has 0 atom stereocenters. The van der Waals surface area contributed by atoms with E-state index in [1.54, 1.807) is 36.5 Å². The molecule has 7 nitrogen and oxygen atoms in total. The quantitative estimate of drug-likeness (QED) is 0.207. The zero-order chi connectivity index (χ0) is 29.4. The van der Waals surface area contributed by atoms with Crippen LogP contribution in [0.4, 0.5) is 45.1 Å². The van der Waals surface area contributed by atoms with Crippen LogP contribution in [0.1, 0.15) is 25.1 Å². The first-order valence-corrected chi connectivity index (χ1v) is 12.6. The van der Waals surface area contributed by atoms with Gasteiger partial charge >= 0.3 is 12.4 Å². The second-order valence-corrected chi connectivity index (χ2v) is 10.2. The highest BCUT2D eigenvalue weighted by atomic mass is 19.4. The summed E-state index contributed by atoms with van der Waals surface area (Å²) in [6, 6.07) is 18.1. The first-order valence-electron chi connectivity index (χ1n) is 12.6. The number of fused-ring (bicyclic) bond motifs is 1. The second-order valence-electron chi connectivity index (χ2n) is 10.2. The van der Waals surface area contributed by atoms with E-state index < -0.39 is 30.2 Å². The lowest BCUT2D eigenvalue weighted by molar-refractivity contribution is -0.274. The van der Waals surface area contributed by atoms with Crippen molar-refractivity contribution in [2.24, 2.45) is 0 Å². The van der Waals surface area contributed by atoms with Gasteiger partial charge in [0.15, 0.2) is 0 Å². The molecule has 5 rings (SSSR count). The van der Waals surface area contributed by atoms with E-state index in [2.05, 4.69) is 20.4 Å². The Morgan fingerprint density at radius 1 is 1.02 bits per heavy atom. The summed E-state index contributed by atoms with van der Waals surface area (Å²) in [5.74, 6) is -0.347. The Bertz CT molecular complexity index is 1570. The number of amides is 2. The van der Waals surface area contributed by atoms with E-state index in [-0.39, 0.29) is 11.4 Å². The minimum atomic E-state index is -4.81. The normalized spacial score (nSPS) is 14.0. The van der Waals surface area contributed by atoms with Gasteiger partial charge < -0.3 is 25.4 Å². The van der Waals surface area contributed by atoms with Crippen molar-refractivity contribution in [2.75, 3.05) is 22.1 Å². The number of aromatic hydroxyl groups is 1. The van der Waals surface area contributed by atoms with Gasteiger partial charge in [-0.15, -0.1) is 13.2 Å². The van der Waals surface area contributed by atoms with E-state index in [0.29, 0.717) is 29.3 Å². The van der Waals surface area contributed by atoms with Crippen LogP contribution in [-0.4, -0.2) is 29.0 Å². The number of urea groups is 1. The maximum absolute atomic E-state index is 13.0. The van der Waals surface area contributed by atoms with Crippen molar-refractivity contribution in [3.63, 3.8) is 0 Å². The SMILES string of the molecule is CC1(C)CN(c2ccccc2NC(=O)Nc2ccc(OC(F)(F)F)cc2)c2c(O)ccc(-c3ccc(CF)nc3)c21. The van der Waals surface area contributed by atoms with Crippen molar-refractivity contribution < 1.29 is 32.2 Å². The molecule has 3 N–H and O–H groups in total. The highest BCUT2D eigenvalue weighted by molar-refractivity contribution is 6.03. The molecule has 0 fully saturated rings. The number of carbonyl (C=O) groups is 1. The summed E-state index contributed by atoms with van der Waals surface area (Å²) in [4.78, 5) is 19.0. The lowest BCUT2D eigenvalue weighted by Gasteiger charge is -2.25. The number of benzene rings is 3. The van der Waals surface area contributed by atoms with Gasteiger partial charge in [-0.2, -0.15) is 0 Å². The minimum Gasteiger partial charge on any atom is -0.506 e. The molecule has 2 heterocycles. The molecular weight excluding hydrogens is 540 g/mol. The number of hydrogen-bond acceptors (Lipinski definition) is 5. The number of phenolic OH excluding ortho intramolecular Hbond substituents is 1. The van der Waals surface area contributed by atoms with Gasteiger partial charge in [-0.3, -0.25) is 4.98 Å². The molecule has 0 radical (unpaired) electrons. The largest absolute Gasteiger partial charge is 0.573 e. The molecule has 0 saturated heterocycles. The average molecular weight is 567 g/mol. The third-order valence-electron chi connectivity index (χ3n) is 6.72. The summed E-state index contributed by atoms with van der Waals surface area (Å²) in [7, 11) is 0. The Balaban J connectivity index is 1.43. The molecule has 11 heteroatoms. The number of nitrogens with one attached hydrogen (secondary N) is 2. The summed E-state index contributed by atoms with van der Waals surface area (Å²) in [6.07, 6.45) is -3.20. The van der Waals surface area contributed by atoms with Gasteiger partial charge in [0.2, 0.25) is 0 Å². The minimum absolute atomic E-state index is 0.0584. The summed E-state index contributed by atoms with van der Waals surface area (Å²) >= 11 is 0. The molecule has 0 spiro atoms. The summed E-state index contributed by atoms with van der Waals surface area (Å²) in [5.41, 5.74) is 4.33.